The molecule has 7 heteroatoms. The number of carbonyl (C=O) groups is 2. The van der Waals surface area contributed by atoms with Crippen LogP contribution in [0.4, 0.5) is 0 Å². The second kappa shape index (κ2) is 33.5. The van der Waals surface area contributed by atoms with Crippen molar-refractivity contribution in [2.75, 3.05) is 13.2 Å². The third-order valence-electron chi connectivity index (χ3n) is 8.69. The predicted molar refractivity (Wildman–Crippen MR) is 190 cm³/mol. The van der Waals surface area contributed by atoms with E-state index < -0.39 is 24.3 Å². The molecule has 0 saturated heterocycles. The maximum atomic E-state index is 12.2. The summed E-state index contributed by atoms with van der Waals surface area (Å²) in [7, 11) is 0. The minimum atomic E-state index is -0.824. The van der Waals surface area contributed by atoms with Crippen molar-refractivity contribution in [3.8, 4) is 0 Å². The summed E-state index contributed by atoms with van der Waals surface area (Å²) in [5.74, 6) is 0.134. The number of aliphatic hydroxyl groups is 3. The van der Waals surface area contributed by atoms with Gasteiger partial charge in [-0.25, -0.2) is 0 Å². The maximum Gasteiger partial charge on any atom is 0.306 e. The molecule has 0 aromatic carbocycles. The highest BCUT2D eigenvalue weighted by atomic mass is 16.6. The van der Waals surface area contributed by atoms with Crippen molar-refractivity contribution in [3.05, 3.63) is 12.2 Å². The van der Waals surface area contributed by atoms with Gasteiger partial charge in [-0.3, -0.25) is 9.59 Å². The van der Waals surface area contributed by atoms with Gasteiger partial charge >= 0.3 is 11.9 Å². The lowest BCUT2D eigenvalue weighted by atomic mass is 10.0. The molecule has 0 radical (unpaired) electrons. The normalized spacial score (nSPS) is 13.7. The topological polar surface area (TPSA) is 113 Å². The van der Waals surface area contributed by atoms with Crippen molar-refractivity contribution in [2.45, 2.75) is 206 Å². The lowest BCUT2D eigenvalue weighted by Gasteiger charge is -2.16. The van der Waals surface area contributed by atoms with Gasteiger partial charge in [0.1, 0.15) is 6.61 Å². The number of aliphatic hydroxyl groups excluding tert-OH is 3. The molecule has 272 valence electrons. The zero-order valence-corrected chi connectivity index (χ0v) is 30.2. The Balaban J connectivity index is 3.67. The highest BCUT2D eigenvalue weighted by Crippen LogP contribution is 2.16. The number of hydrogen-bond acceptors (Lipinski definition) is 7. The smallest absolute Gasteiger partial charge is 0.306 e. The van der Waals surface area contributed by atoms with Crippen LogP contribution in [-0.4, -0.2) is 58.8 Å². The SMILES string of the molecule is CCCCC/C=C\C[C@H](O)[C@@H](O)CCCCCCCC(=O)O[C@@H](CO)COC(=O)CCCCCCCCCCCCCCC(C)C. The summed E-state index contributed by atoms with van der Waals surface area (Å²) < 4.78 is 10.5. The molecule has 3 N–H and O–H groups in total. The highest BCUT2D eigenvalue weighted by molar-refractivity contribution is 5.70. The number of esters is 2. The van der Waals surface area contributed by atoms with E-state index in [1.54, 1.807) is 0 Å². The summed E-state index contributed by atoms with van der Waals surface area (Å²) in [4.78, 5) is 24.2. The van der Waals surface area contributed by atoms with Crippen LogP contribution < -0.4 is 0 Å². The molecule has 3 atom stereocenters. The largest absolute Gasteiger partial charge is 0.462 e. The molecule has 0 aromatic heterocycles. The van der Waals surface area contributed by atoms with Crippen LogP contribution in [-0.2, 0) is 19.1 Å². The average Bonchev–Trinajstić information content (AvgIpc) is 3.03. The van der Waals surface area contributed by atoms with Crippen LogP contribution in [0.25, 0.3) is 0 Å². The Bertz CT molecular complexity index is 708. The van der Waals surface area contributed by atoms with E-state index in [1.807, 2.05) is 6.08 Å². The molecule has 0 saturated carbocycles. The Hall–Kier alpha value is -1.44. The Morgan fingerprint density at radius 3 is 1.63 bits per heavy atom. The number of rotatable bonds is 34. The first-order valence-electron chi connectivity index (χ1n) is 19.3. The molecule has 0 aliphatic carbocycles. The van der Waals surface area contributed by atoms with Crippen LogP contribution >= 0.6 is 0 Å². The van der Waals surface area contributed by atoms with Gasteiger partial charge in [-0.1, -0.05) is 148 Å². The van der Waals surface area contributed by atoms with E-state index >= 15 is 0 Å². The molecule has 7 nitrogen and oxygen atoms in total. The summed E-state index contributed by atoms with van der Waals surface area (Å²) in [6, 6.07) is 0. The van der Waals surface area contributed by atoms with Gasteiger partial charge in [0.05, 0.1) is 18.8 Å². The molecule has 0 fully saturated rings. The van der Waals surface area contributed by atoms with Crippen molar-refractivity contribution in [2.24, 2.45) is 5.92 Å². The quantitative estimate of drug-likeness (QED) is 0.0360. The Labute approximate surface area is 283 Å². The Morgan fingerprint density at radius 2 is 1.11 bits per heavy atom. The van der Waals surface area contributed by atoms with E-state index in [2.05, 4.69) is 26.8 Å². The van der Waals surface area contributed by atoms with Gasteiger partial charge in [-0.2, -0.15) is 0 Å². The second-order valence-electron chi connectivity index (χ2n) is 13.8. The third-order valence-corrected chi connectivity index (χ3v) is 8.69. The minimum absolute atomic E-state index is 0.109. The van der Waals surface area contributed by atoms with Crippen LogP contribution in [0.5, 0.6) is 0 Å². The lowest BCUT2D eigenvalue weighted by molar-refractivity contribution is -0.161. The maximum absolute atomic E-state index is 12.2. The number of hydrogen-bond donors (Lipinski definition) is 3. The van der Waals surface area contributed by atoms with Crippen molar-refractivity contribution < 1.29 is 34.4 Å². The van der Waals surface area contributed by atoms with Crippen LogP contribution in [0.2, 0.25) is 0 Å². The van der Waals surface area contributed by atoms with Crippen molar-refractivity contribution in [3.63, 3.8) is 0 Å². The highest BCUT2D eigenvalue weighted by Gasteiger charge is 2.16. The third kappa shape index (κ3) is 31.2. The monoisotopic (exact) mass is 655 g/mol. The number of allylic oxidation sites excluding steroid dienone is 1. The van der Waals surface area contributed by atoms with Crippen molar-refractivity contribution in [1.82, 2.24) is 0 Å². The van der Waals surface area contributed by atoms with E-state index in [9.17, 15) is 24.9 Å². The number of carbonyl (C=O) groups excluding carboxylic acids is 2. The number of unbranched alkanes of at least 4 members (excludes halogenated alkanes) is 18. The van der Waals surface area contributed by atoms with E-state index in [0.717, 1.165) is 57.3 Å². The molecule has 46 heavy (non-hydrogen) atoms. The molecule has 0 heterocycles. The van der Waals surface area contributed by atoms with Gasteiger partial charge in [-0.05, 0) is 44.4 Å². The molecular weight excluding hydrogens is 580 g/mol. The molecule has 0 bridgehead atoms. The molecule has 0 aromatic rings. The average molecular weight is 655 g/mol. The van der Waals surface area contributed by atoms with Crippen LogP contribution in [0.3, 0.4) is 0 Å². The fourth-order valence-corrected chi connectivity index (χ4v) is 5.58. The molecule has 0 unspecified atom stereocenters. The Kier molecular flexibility index (Phi) is 32.4. The van der Waals surface area contributed by atoms with Gasteiger partial charge in [0.15, 0.2) is 6.10 Å². The lowest BCUT2D eigenvalue weighted by Crippen LogP contribution is -2.28. The summed E-state index contributed by atoms with van der Waals surface area (Å²) in [5, 5.41) is 29.8. The van der Waals surface area contributed by atoms with Crippen molar-refractivity contribution >= 4 is 11.9 Å². The summed E-state index contributed by atoms with van der Waals surface area (Å²) in [6.07, 6.45) is 28.7. The number of ether oxygens (including phenoxy) is 2. The molecule has 0 aliphatic rings. The predicted octanol–water partition coefficient (Wildman–Crippen LogP) is 9.53. The minimum Gasteiger partial charge on any atom is -0.462 e. The first-order chi connectivity index (χ1) is 22.3. The molecule has 0 rings (SSSR count). The van der Waals surface area contributed by atoms with Crippen LogP contribution in [0.1, 0.15) is 188 Å². The van der Waals surface area contributed by atoms with Crippen LogP contribution in [0.15, 0.2) is 12.2 Å². The summed E-state index contributed by atoms with van der Waals surface area (Å²) >= 11 is 0. The van der Waals surface area contributed by atoms with E-state index in [-0.39, 0.29) is 25.6 Å². The van der Waals surface area contributed by atoms with Gasteiger partial charge < -0.3 is 24.8 Å². The van der Waals surface area contributed by atoms with E-state index in [4.69, 9.17) is 9.47 Å². The zero-order valence-electron chi connectivity index (χ0n) is 30.2. The van der Waals surface area contributed by atoms with Crippen molar-refractivity contribution in [1.29, 1.82) is 0 Å². The summed E-state index contributed by atoms with van der Waals surface area (Å²) in [5.41, 5.74) is 0. The molecular formula is C39H74O7. The first kappa shape index (κ1) is 44.6. The Morgan fingerprint density at radius 1 is 0.609 bits per heavy atom. The molecule has 0 amide bonds. The molecule has 0 spiro atoms. The van der Waals surface area contributed by atoms with Gasteiger partial charge in [0, 0.05) is 12.8 Å². The fraction of sp³-hybridized carbons (Fsp3) is 0.897. The summed E-state index contributed by atoms with van der Waals surface area (Å²) in [6.45, 7) is 6.29. The van der Waals surface area contributed by atoms with Crippen LogP contribution in [0, 0.1) is 5.92 Å². The molecule has 0 aliphatic heterocycles. The zero-order chi connectivity index (χ0) is 34.1. The van der Waals surface area contributed by atoms with Gasteiger partial charge in [0.25, 0.3) is 0 Å². The first-order valence-corrected chi connectivity index (χ1v) is 19.3. The fourth-order valence-electron chi connectivity index (χ4n) is 5.58. The van der Waals surface area contributed by atoms with Gasteiger partial charge in [-0.15, -0.1) is 0 Å². The van der Waals surface area contributed by atoms with E-state index in [0.29, 0.717) is 25.7 Å². The van der Waals surface area contributed by atoms with Gasteiger partial charge in [0.2, 0.25) is 0 Å². The standard InChI is InChI=1S/C39H74O7/c1-4-5-6-7-18-23-28-36(41)37(42)29-24-19-16-21-26-31-39(44)46-35(32-40)33-45-38(43)30-25-20-15-13-11-9-8-10-12-14-17-22-27-34(2)3/h18,23,34-37,40-42H,4-17,19-22,24-33H2,1-3H3/b23-18-/t35-,36-,37-/m0/s1. The van der Waals surface area contributed by atoms with E-state index in [1.165, 1.54) is 83.5 Å². The second-order valence-corrected chi connectivity index (χ2v) is 13.8.